The first kappa shape index (κ1) is 18.7. The van der Waals surface area contributed by atoms with E-state index < -0.39 is 16.8 Å². The highest BCUT2D eigenvalue weighted by atomic mass is 16.6. The normalized spacial score (nSPS) is 39.1. The van der Waals surface area contributed by atoms with E-state index in [1.165, 1.54) is 32.1 Å². The standard InChI is InChI=1S/C21H34O4/c1-6-20(4,12-19(2,3)17(22)23)18(24)25-21(5)15-8-13-7-14(10-15)11-16(21)9-13/h13-16H,6-12H2,1-5H3,(H,22,23). The molecule has 0 aromatic carbocycles. The summed E-state index contributed by atoms with van der Waals surface area (Å²) in [5.74, 6) is 1.58. The number of ether oxygens (including phenoxy) is 1. The van der Waals surface area contributed by atoms with E-state index in [4.69, 9.17) is 4.74 Å². The molecule has 4 aliphatic rings. The first-order valence-electron chi connectivity index (χ1n) is 9.97. The van der Waals surface area contributed by atoms with E-state index in [0.717, 1.165) is 11.8 Å². The van der Waals surface area contributed by atoms with Gasteiger partial charge in [0.15, 0.2) is 0 Å². The lowest BCUT2D eigenvalue weighted by molar-refractivity contribution is -0.213. The van der Waals surface area contributed by atoms with Crippen molar-refractivity contribution in [3.8, 4) is 0 Å². The summed E-state index contributed by atoms with van der Waals surface area (Å²) in [6.45, 7) is 9.37. The molecular weight excluding hydrogens is 316 g/mol. The summed E-state index contributed by atoms with van der Waals surface area (Å²) >= 11 is 0. The van der Waals surface area contributed by atoms with E-state index in [9.17, 15) is 14.7 Å². The Labute approximate surface area is 151 Å². The Hall–Kier alpha value is -1.06. The molecule has 1 unspecified atom stereocenters. The first-order valence-corrected chi connectivity index (χ1v) is 9.97. The molecule has 142 valence electrons. The maximum atomic E-state index is 13.2. The third-order valence-electron chi connectivity index (χ3n) is 7.76. The molecule has 4 heteroatoms. The van der Waals surface area contributed by atoms with Crippen molar-refractivity contribution in [2.24, 2.45) is 34.5 Å². The summed E-state index contributed by atoms with van der Waals surface area (Å²) in [5.41, 5.74) is -2.04. The van der Waals surface area contributed by atoms with Crippen LogP contribution in [0, 0.1) is 34.5 Å². The third-order valence-corrected chi connectivity index (χ3v) is 7.76. The summed E-state index contributed by atoms with van der Waals surface area (Å²) in [6, 6.07) is 0. The SMILES string of the molecule is CCC(C)(CC(C)(C)C(=O)O)C(=O)OC1(C)C2CC3CC(C2)CC1C3. The van der Waals surface area contributed by atoms with E-state index >= 15 is 0 Å². The van der Waals surface area contributed by atoms with Crippen LogP contribution in [0.15, 0.2) is 0 Å². The Morgan fingerprint density at radius 1 is 1.04 bits per heavy atom. The minimum atomic E-state index is -0.936. The fourth-order valence-corrected chi connectivity index (χ4v) is 6.00. The predicted molar refractivity (Wildman–Crippen MR) is 96.0 cm³/mol. The molecule has 0 spiro atoms. The number of carboxylic acid groups (broad SMARTS) is 1. The molecule has 4 rings (SSSR count). The molecule has 1 atom stereocenters. The average Bonchev–Trinajstić information content (AvgIpc) is 2.51. The maximum Gasteiger partial charge on any atom is 0.312 e. The van der Waals surface area contributed by atoms with Crippen molar-refractivity contribution in [1.29, 1.82) is 0 Å². The largest absolute Gasteiger partial charge is 0.481 e. The Balaban J connectivity index is 1.77. The molecule has 25 heavy (non-hydrogen) atoms. The van der Waals surface area contributed by atoms with Crippen molar-refractivity contribution >= 4 is 11.9 Å². The Bertz CT molecular complexity index is 536. The molecule has 4 fully saturated rings. The highest BCUT2D eigenvalue weighted by Gasteiger charge is 2.58. The molecule has 0 heterocycles. The molecule has 4 bridgehead atoms. The van der Waals surface area contributed by atoms with Gasteiger partial charge in [-0.1, -0.05) is 6.92 Å². The Morgan fingerprint density at radius 3 is 1.92 bits per heavy atom. The van der Waals surface area contributed by atoms with Crippen LogP contribution in [0.3, 0.4) is 0 Å². The summed E-state index contributed by atoms with van der Waals surface area (Å²) in [6.07, 6.45) is 7.05. The molecule has 4 aliphatic carbocycles. The summed E-state index contributed by atoms with van der Waals surface area (Å²) in [4.78, 5) is 24.7. The van der Waals surface area contributed by atoms with Gasteiger partial charge in [0.1, 0.15) is 5.60 Å². The third kappa shape index (κ3) is 3.10. The molecule has 4 nitrogen and oxygen atoms in total. The quantitative estimate of drug-likeness (QED) is 0.708. The van der Waals surface area contributed by atoms with Crippen LogP contribution in [0.25, 0.3) is 0 Å². The van der Waals surface area contributed by atoms with Gasteiger partial charge >= 0.3 is 11.9 Å². The second-order valence-corrected chi connectivity index (χ2v) is 10.2. The Morgan fingerprint density at radius 2 is 1.52 bits per heavy atom. The number of hydrogen-bond acceptors (Lipinski definition) is 3. The van der Waals surface area contributed by atoms with Crippen molar-refractivity contribution < 1.29 is 19.4 Å². The van der Waals surface area contributed by atoms with Gasteiger partial charge in [-0.2, -0.15) is 0 Å². The lowest BCUT2D eigenvalue weighted by atomic mass is 9.50. The van der Waals surface area contributed by atoms with Crippen LogP contribution in [0.4, 0.5) is 0 Å². The van der Waals surface area contributed by atoms with Crippen LogP contribution in [0.1, 0.15) is 79.6 Å². The number of carboxylic acids is 1. The molecule has 0 aromatic rings. The second-order valence-electron chi connectivity index (χ2n) is 10.2. The van der Waals surface area contributed by atoms with Crippen molar-refractivity contribution in [3.63, 3.8) is 0 Å². The van der Waals surface area contributed by atoms with Crippen LogP contribution >= 0.6 is 0 Å². The van der Waals surface area contributed by atoms with E-state index in [2.05, 4.69) is 6.92 Å². The fraction of sp³-hybridized carbons (Fsp3) is 0.905. The van der Waals surface area contributed by atoms with Crippen molar-refractivity contribution in [2.45, 2.75) is 85.2 Å². The van der Waals surface area contributed by atoms with Gasteiger partial charge in [-0.3, -0.25) is 9.59 Å². The predicted octanol–water partition coefficient (Wildman–Crippen LogP) is 4.66. The molecule has 0 radical (unpaired) electrons. The number of carbonyl (C=O) groups is 2. The van der Waals surface area contributed by atoms with E-state index in [0.29, 0.717) is 24.7 Å². The van der Waals surface area contributed by atoms with Gasteiger partial charge in [-0.05, 0) is 96.3 Å². The monoisotopic (exact) mass is 350 g/mol. The van der Waals surface area contributed by atoms with E-state index in [-0.39, 0.29) is 11.6 Å². The molecule has 0 aliphatic heterocycles. The molecule has 0 saturated heterocycles. The zero-order chi connectivity index (χ0) is 18.6. The molecule has 0 amide bonds. The van der Waals surface area contributed by atoms with Crippen LogP contribution in [-0.2, 0) is 14.3 Å². The fourth-order valence-electron chi connectivity index (χ4n) is 6.00. The molecule has 1 N–H and O–H groups in total. The van der Waals surface area contributed by atoms with E-state index in [1.54, 1.807) is 13.8 Å². The van der Waals surface area contributed by atoms with Gasteiger partial charge < -0.3 is 9.84 Å². The van der Waals surface area contributed by atoms with Crippen molar-refractivity contribution in [3.05, 3.63) is 0 Å². The lowest BCUT2D eigenvalue weighted by Gasteiger charge is -2.59. The molecular formula is C21H34O4. The zero-order valence-corrected chi connectivity index (χ0v) is 16.4. The number of aliphatic carboxylic acids is 1. The van der Waals surface area contributed by atoms with Crippen LogP contribution in [0.2, 0.25) is 0 Å². The number of carbonyl (C=O) groups excluding carboxylic acids is 1. The summed E-state index contributed by atoms with van der Waals surface area (Å²) in [5, 5.41) is 9.47. The highest BCUT2D eigenvalue weighted by molar-refractivity contribution is 5.79. The summed E-state index contributed by atoms with van der Waals surface area (Å²) < 4.78 is 6.26. The number of rotatable bonds is 6. The number of hydrogen-bond donors (Lipinski definition) is 1. The van der Waals surface area contributed by atoms with Gasteiger partial charge in [0.25, 0.3) is 0 Å². The van der Waals surface area contributed by atoms with Crippen LogP contribution < -0.4 is 0 Å². The first-order chi connectivity index (χ1) is 11.5. The van der Waals surface area contributed by atoms with Gasteiger partial charge in [0.2, 0.25) is 0 Å². The molecule has 4 saturated carbocycles. The minimum Gasteiger partial charge on any atom is -0.481 e. The van der Waals surface area contributed by atoms with Gasteiger partial charge in [0, 0.05) is 0 Å². The smallest absolute Gasteiger partial charge is 0.312 e. The molecule has 0 aromatic heterocycles. The topological polar surface area (TPSA) is 63.6 Å². The van der Waals surface area contributed by atoms with Crippen molar-refractivity contribution in [2.75, 3.05) is 0 Å². The Kier molecular flexibility index (Phi) is 4.49. The second kappa shape index (κ2) is 5.99. The summed E-state index contributed by atoms with van der Waals surface area (Å²) in [7, 11) is 0. The van der Waals surface area contributed by atoms with Crippen molar-refractivity contribution in [1.82, 2.24) is 0 Å². The van der Waals surface area contributed by atoms with Crippen LogP contribution in [0.5, 0.6) is 0 Å². The highest BCUT2D eigenvalue weighted by Crippen LogP contribution is 2.60. The maximum absolute atomic E-state index is 13.2. The lowest BCUT2D eigenvalue weighted by Crippen LogP contribution is -2.59. The van der Waals surface area contributed by atoms with Gasteiger partial charge in [-0.25, -0.2) is 0 Å². The average molecular weight is 350 g/mol. The van der Waals surface area contributed by atoms with Crippen LogP contribution in [-0.4, -0.2) is 22.6 Å². The van der Waals surface area contributed by atoms with Gasteiger partial charge in [-0.15, -0.1) is 0 Å². The number of esters is 1. The van der Waals surface area contributed by atoms with Gasteiger partial charge in [0.05, 0.1) is 10.8 Å². The zero-order valence-electron chi connectivity index (χ0n) is 16.4. The minimum absolute atomic E-state index is 0.195. The van der Waals surface area contributed by atoms with E-state index in [1.807, 2.05) is 13.8 Å².